The molecule has 31 heavy (non-hydrogen) atoms. The summed E-state index contributed by atoms with van der Waals surface area (Å²) < 4.78 is 5.92. The second kappa shape index (κ2) is 13.0. The molecule has 0 aromatic heterocycles. The number of ether oxygens (including phenoxy) is 1. The van der Waals surface area contributed by atoms with Crippen LogP contribution >= 0.6 is 23.2 Å². The zero-order valence-corrected chi connectivity index (χ0v) is 18.4. The van der Waals surface area contributed by atoms with Crippen molar-refractivity contribution in [3.8, 4) is 5.75 Å². The summed E-state index contributed by atoms with van der Waals surface area (Å²) in [6.45, 7) is 3.93. The van der Waals surface area contributed by atoms with Crippen LogP contribution in [0.3, 0.4) is 0 Å². The fourth-order valence-electron chi connectivity index (χ4n) is 3.14. The smallest absolute Gasteiger partial charge is 0.414 e. The van der Waals surface area contributed by atoms with Crippen molar-refractivity contribution < 1.29 is 24.5 Å². The molecule has 166 valence electrons. The Kier molecular flexibility index (Phi) is 10.4. The van der Waals surface area contributed by atoms with E-state index >= 15 is 0 Å². The van der Waals surface area contributed by atoms with Crippen molar-refractivity contribution in [2.75, 3.05) is 26.2 Å². The quantitative estimate of drug-likeness (QED) is 0.586. The second-order valence-electron chi connectivity index (χ2n) is 7.08. The lowest BCUT2D eigenvalue weighted by atomic mass is 9.99. The fourth-order valence-corrected chi connectivity index (χ4v) is 3.42. The third-order valence-electron chi connectivity index (χ3n) is 4.64. The van der Waals surface area contributed by atoms with Crippen LogP contribution in [0.2, 0.25) is 10.0 Å². The lowest BCUT2D eigenvalue weighted by Gasteiger charge is -2.31. The van der Waals surface area contributed by atoms with E-state index in [9.17, 15) is 0 Å². The minimum Gasteiger partial charge on any atom is -0.493 e. The summed E-state index contributed by atoms with van der Waals surface area (Å²) in [7, 11) is 0. The molecule has 1 aliphatic rings. The topological polar surface area (TPSA) is 87.1 Å². The van der Waals surface area contributed by atoms with E-state index in [1.807, 2.05) is 12.1 Å². The first kappa shape index (κ1) is 24.7. The van der Waals surface area contributed by atoms with Crippen molar-refractivity contribution in [3.05, 3.63) is 70.2 Å². The molecule has 8 heteroatoms. The van der Waals surface area contributed by atoms with Gasteiger partial charge < -0.3 is 14.9 Å². The molecule has 2 N–H and O–H groups in total. The minimum atomic E-state index is -1.82. The van der Waals surface area contributed by atoms with Gasteiger partial charge in [-0.15, -0.1) is 0 Å². The van der Waals surface area contributed by atoms with Crippen molar-refractivity contribution in [3.63, 3.8) is 0 Å². The van der Waals surface area contributed by atoms with E-state index in [4.69, 9.17) is 47.7 Å². The Morgan fingerprint density at radius 2 is 1.77 bits per heavy atom. The van der Waals surface area contributed by atoms with Gasteiger partial charge in [0.15, 0.2) is 0 Å². The van der Waals surface area contributed by atoms with Crippen LogP contribution in [0.25, 0.3) is 6.08 Å². The predicted octanol–water partition coefficient (Wildman–Crippen LogP) is 4.95. The number of carbonyl (C=O) groups is 2. The number of likely N-dealkylation sites (tertiary alicyclic amines) is 1. The molecular weight excluding hydrogens is 441 g/mol. The standard InChI is InChI=1S/C21H23Cl2NO.C2H2O4/c22-20-11-10-19(14-21(20)23)25-16-18-9-5-13-24(15-18)12-4-8-17-6-2-1-3-7-17;3-1(4)2(5)6/h1-4,6-8,10-11,14,18H,5,9,12-13,15-16H2;(H,3,4)(H,5,6). The Bertz CT molecular complexity index is 877. The molecule has 2 aromatic rings. The molecule has 1 aliphatic heterocycles. The number of hydrogen-bond donors (Lipinski definition) is 2. The number of nitrogens with zero attached hydrogens (tertiary/aromatic N) is 1. The molecule has 1 saturated heterocycles. The van der Waals surface area contributed by atoms with Gasteiger partial charge in [0, 0.05) is 25.1 Å². The van der Waals surface area contributed by atoms with E-state index in [0.717, 1.165) is 32.0 Å². The van der Waals surface area contributed by atoms with Crippen LogP contribution in [0.5, 0.6) is 5.75 Å². The van der Waals surface area contributed by atoms with Gasteiger partial charge in [0.05, 0.1) is 16.7 Å². The molecule has 1 heterocycles. The van der Waals surface area contributed by atoms with Crippen LogP contribution in [-0.2, 0) is 9.59 Å². The molecule has 1 unspecified atom stereocenters. The van der Waals surface area contributed by atoms with E-state index < -0.39 is 11.9 Å². The van der Waals surface area contributed by atoms with E-state index in [1.165, 1.54) is 18.4 Å². The summed E-state index contributed by atoms with van der Waals surface area (Å²) in [6, 6.07) is 15.9. The summed E-state index contributed by atoms with van der Waals surface area (Å²) in [5, 5.41) is 15.9. The largest absolute Gasteiger partial charge is 0.493 e. The molecule has 6 nitrogen and oxygen atoms in total. The Morgan fingerprint density at radius 3 is 2.42 bits per heavy atom. The maximum atomic E-state index is 9.10. The van der Waals surface area contributed by atoms with Crippen LogP contribution < -0.4 is 4.74 Å². The predicted molar refractivity (Wildman–Crippen MR) is 122 cm³/mol. The van der Waals surface area contributed by atoms with Gasteiger partial charge in [0.1, 0.15) is 5.75 Å². The maximum Gasteiger partial charge on any atom is 0.414 e. The first-order valence-electron chi connectivity index (χ1n) is 9.83. The molecule has 0 radical (unpaired) electrons. The number of hydrogen-bond acceptors (Lipinski definition) is 4. The van der Waals surface area contributed by atoms with E-state index in [0.29, 0.717) is 16.0 Å². The fraction of sp³-hybridized carbons (Fsp3) is 0.304. The van der Waals surface area contributed by atoms with E-state index in [1.54, 1.807) is 12.1 Å². The number of halogens is 2. The molecule has 0 spiro atoms. The number of rotatable bonds is 6. The monoisotopic (exact) mass is 465 g/mol. The summed E-state index contributed by atoms with van der Waals surface area (Å²) in [5.41, 5.74) is 1.25. The minimum absolute atomic E-state index is 0.537. The Balaban J connectivity index is 0.000000501. The SMILES string of the molecule is Clc1ccc(OCC2CCCN(CC=Cc3ccccc3)C2)cc1Cl.O=C(O)C(=O)O. The van der Waals surface area contributed by atoms with E-state index in [2.05, 4.69) is 41.3 Å². The van der Waals surface area contributed by atoms with Gasteiger partial charge in [-0.25, -0.2) is 9.59 Å². The van der Waals surface area contributed by atoms with Crippen LogP contribution in [0.15, 0.2) is 54.6 Å². The average Bonchev–Trinajstić information content (AvgIpc) is 2.76. The van der Waals surface area contributed by atoms with Gasteiger partial charge in [-0.05, 0) is 37.1 Å². The number of piperidine rings is 1. The van der Waals surface area contributed by atoms with Crippen LogP contribution in [0, 0.1) is 5.92 Å². The highest BCUT2D eigenvalue weighted by Gasteiger charge is 2.19. The van der Waals surface area contributed by atoms with Crippen molar-refractivity contribution >= 4 is 41.2 Å². The molecule has 0 bridgehead atoms. The van der Waals surface area contributed by atoms with Gasteiger partial charge in [-0.2, -0.15) is 0 Å². The summed E-state index contributed by atoms with van der Waals surface area (Å²) >= 11 is 12.0. The molecule has 0 amide bonds. The molecule has 2 aromatic carbocycles. The molecule has 1 atom stereocenters. The van der Waals surface area contributed by atoms with Gasteiger partial charge in [0.25, 0.3) is 0 Å². The lowest BCUT2D eigenvalue weighted by molar-refractivity contribution is -0.159. The Morgan fingerprint density at radius 1 is 1.06 bits per heavy atom. The van der Waals surface area contributed by atoms with Crippen LogP contribution in [0.4, 0.5) is 0 Å². The number of aliphatic carboxylic acids is 2. The zero-order chi connectivity index (χ0) is 22.6. The number of benzene rings is 2. The maximum absolute atomic E-state index is 9.10. The van der Waals surface area contributed by atoms with Crippen molar-refractivity contribution in [2.24, 2.45) is 5.92 Å². The van der Waals surface area contributed by atoms with Crippen LogP contribution in [-0.4, -0.2) is 53.3 Å². The Labute approximate surface area is 191 Å². The highest BCUT2D eigenvalue weighted by atomic mass is 35.5. The molecule has 3 rings (SSSR count). The first-order valence-corrected chi connectivity index (χ1v) is 10.6. The van der Waals surface area contributed by atoms with Gasteiger partial charge >= 0.3 is 11.9 Å². The normalized spacial score (nSPS) is 16.4. The molecule has 0 aliphatic carbocycles. The third kappa shape index (κ3) is 9.42. The molecule has 1 fully saturated rings. The zero-order valence-electron chi connectivity index (χ0n) is 16.9. The van der Waals surface area contributed by atoms with Crippen molar-refractivity contribution in [1.29, 1.82) is 0 Å². The van der Waals surface area contributed by atoms with E-state index in [-0.39, 0.29) is 0 Å². The lowest BCUT2D eigenvalue weighted by Crippen LogP contribution is -2.37. The van der Waals surface area contributed by atoms with Crippen molar-refractivity contribution in [1.82, 2.24) is 4.90 Å². The third-order valence-corrected chi connectivity index (χ3v) is 5.38. The highest BCUT2D eigenvalue weighted by molar-refractivity contribution is 6.42. The average molecular weight is 466 g/mol. The van der Waals surface area contributed by atoms with Gasteiger partial charge in [-0.1, -0.05) is 65.7 Å². The summed E-state index contributed by atoms with van der Waals surface area (Å²) in [6.07, 6.45) is 6.86. The van der Waals surface area contributed by atoms with Crippen molar-refractivity contribution in [2.45, 2.75) is 12.8 Å². The highest BCUT2D eigenvalue weighted by Crippen LogP contribution is 2.27. The van der Waals surface area contributed by atoms with Gasteiger partial charge in [0.2, 0.25) is 0 Å². The second-order valence-corrected chi connectivity index (χ2v) is 7.89. The van der Waals surface area contributed by atoms with Crippen LogP contribution in [0.1, 0.15) is 18.4 Å². The van der Waals surface area contributed by atoms with Gasteiger partial charge in [-0.3, -0.25) is 4.90 Å². The number of carboxylic acid groups (broad SMARTS) is 2. The molecular formula is C23H25Cl2NO5. The Hall–Kier alpha value is -2.54. The summed E-state index contributed by atoms with van der Waals surface area (Å²) in [4.78, 5) is 20.7. The summed E-state index contributed by atoms with van der Waals surface area (Å²) in [5.74, 6) is -2.31. The molecule has 0 saturated carbocycles. The first-order chi connectivity index (χ1) is 14.8. The number of carboxylic acids is 2.